The molecule has 0 unspecified atom stereocenters. The standard InChI is InChI=1S/C29H35N5O5/c1-17(2)25(32-28(36)37)27(35)33-14-6-7-24(33)26-30-16-22(31-26)19-10-13-23(34(38)39)21(15-19)18-8-11-20(12-9-18)29(3,4)5/h8-13,15-17,24-25,32H,6-7,14H2,1-5H3,(H,30,31)(H,36,37)/t24-,25-/m0/s1. The van der Waals surface area contributed by atoms with E-state index in [0.717, 1.165) is 23.1 Å². The number of imidazole rings is 1. The average molecular weight is 534 g/mol. The molecule has 1 fully saturated rings. The Balaban J connectivity index is 1.64. The molecule has 0 aliphatic carbocycles. The number of aromatic nitrogens is 2. The molecule has 4 rings (SSSR count). The Labute approximate surface area is 227 Å². The monoisotopic (exact) mass is 533 g/mol. The van der Waals surface area contributed by atoms with Gasteiger partial charge in [0, 0.05) is 18.2 Å². The van der Waals surface area contributed by atoms with Gasteiger partial charge in [0.1, 0.15) is 11.9 Å². The number of benzene rings is 2. The van der Waals surface area contributed by atoms with Gasteiger partial charge in [0.05, 0.1) is 28.4 Å². The summed E-state index contributed by atoms with van der Waals surface area (Å²) in [5.74, 6) is 0.116. The zero-order valence-electron chi connectivity index (χ0n) is 22.9. The van der Waals surface area contributed by atoms with Crippen LogP contribution < -0.4 is 5.32 Å². The van der Waals surface area contributed by atoms with E-state index in [2.05, 4.69) is 36.1 Å². The highest BCUT2D eigenvalue weighted by Gasteiger charge is 2.37. The zero-order chi connectivity index (χ0) is 28.5. The molecule has 0 bridgehead atoms. The topological polar surface area (TPSA) is 141 Å². The van der Waals surface area contributed by atoms with Crippen LogP contribution in [0.1, 0.15) is 64.9 Å². The quantitative estimate of drug-likeness (QED) is 0.255. The molecule has 1 saturated heterocycles. The minimum absolute atomic E-state index is 0.0141. The Morgan fingerprint density at radius 1 is 1.15 bits per heavy atom. The zero-order valence-corrected chi connectivity index (χ0v) is 22.9. The van der Waals surface area contributed by atoms with Crippen molar-refractivity contribution in [3.05, 3.63) is 70.2 Å². The van der Waals surface area contributed by atoms with Gasteiger partial charge >= 0.3 is 6.09 Å². The number of nitro groups is 1. The number of H-pyrrole nitrogens is 1. The summed E-state index contributed by atoms with van der Waals surface area (Å²) in [7, 11) is 0. The van der Waals surface area contributed by atoms with Crippen molar-refractivity contribution in [2.45, 2.75) is 65.0 Å². The number of nitrogens with zero attached hydrogens (tertiary/aromatic N) is 3. The smallest absolute Gasteiger partial charge is 0.405 e. The van der Waals surface area contributed by atoms with E-state index in [1.807, 2.05) is 24.3 Å². The molecule has 0 spiro atoms. The molecule has 2 aromatic carbocycles. The Bertz CT molecular complexity index is 1370. The van der Waals surface area contributed by atoms with Gasteiger partial charge in [-0.05, 0) is 47.4 Å². The van der Waals surface area contributed by atoms with Gasteiger partial charge in [0.15, 0.2) is 0 Å². The summed E-state index contributed by atoms with van der Waals surface area (Å²) in [6.07, 6.45) is 1.90. The van der Waals surface area contributed by atoms with E-state index in [4.69, 9.17) is 0 Å². The molecule has 0 radical (unpaired) electrons. The molecule has 2 amide bonds. The maximum absolute atomic E-state index is 13.3. The van der Waals surface area contributed by atoms with Crippen LogP contribution in [0.5, 0.6) is 0 Å². The molecule has 206 valence electrons. The molecule has 10 nitrogen and oxygen atoms in total. The highest BCUT2D eigenvalue weighted by molar-refractivity contribution is 5.86. The number of hydrogen-bond donors (Lipinski definition) is 3. The van der Waals surface area contributed by atoms with Crippen molar-refractivity contribution in [3.8, 4) is 22.4 Å². The molecule has 2 atom stereocenters. The summed E-state index contributed by atoms with van der Waals surface area (Å²) < 4.78 is 0. The summed E-state index contributed by atoms with van der Waals surface area (Å²) in [4.78, 5) is 45.5. The van der Waals surface area contributed by atoms with Crippen LogP contribution in [0.2, 0.25) is 0 Å². The lowest BCUT2D eigenvalue weighted by molar-refractivity contribution is -0.384. The van der Waals surface area contributed by atoms with Crippen LogP contribution >= 0.6 is 0 Å². The lowest BCUT2D eigenvalue weighted by atomic mass is 9.86. The number of carboxylic acid groups (broad SMARTS) is 1. The van der Waals surface area contributed by atoms with E-state index >= 15 is 0 Å². The SMILES string of the molecule is CC(C)[C@H](NC(=O)O)C(=O)N1CCC[C@H]1c1ncc(-c2ccc([N+](=O)[O-])c(-c3ccc(C(C)(C)C)cc3)c2)[nH]1. The van der Waals surface area contributed by atoms with Gasteiger partial charge in [-0.25, -0.2) is 9.78 Å². The van der Waals surface area contributed by atoms with E-state index in [0.29, 0.717) is 30.0 Å². The molecule has 2 heterocycles. The number of carbonyl (C=O) groups is 2. The third-order valence-electron chi connectivity index (χ3n) is 7.22. The lowest BCUT2D eigenvalue weighted by Crippen LogP contribution is -2.50. The average Bonchev–Trinajstić information content (AvgIpc) is 3.56. The van der Waals surface area contributed by atoms with Crippen molar-refractivity contribution in [3.63, 3.8) is 0 Å². The Morgan fingerprint density at radius 3 is 2.41 bits per heavy atom. The Kier molecular flexibility index (Phi) is 7.76. The number of aromatic amines is 1. The fourth-order valence-corrected chi connectivity index (χ4v) is 5.04. The first-order valence-electron chi connectivity index (χ1n) is 13.1. The molecule has 10 heteroatoms. The third kappa shape index (κ3) is 5.94. The maximum atomic E-state index is 13.3. The van der Waals surface area contributed by atoms with Gasteiger partial charge in [0.25, 0.3) is 5.69 Å². The highest BCUT2D eigenvalue weighted by Crippen LogP contribution is 2.37. The summed E-state index contributed by atoms with van der Waals surface area (Å²) in [6, 6.07) is 11.6. The number of carbonyl (C=O) groups excluding carboxylic acids is 1. The second kappa shape index (κ2) is 10.9. The molecule has 1 aromatic heterocycles. The van der Waals surface area contributed by atoms with Gasteiger partial charge in [-0.1, -0.05) is 58.9 Å². The first kappa shape index (κ1) is 27.8. The minimum Gasteiger partial charge on any atom is -0.465 e. The van der Waals surface area contributed by atoms with Crippen molar-refractivity contribution in [2.24, 2.45) is 5.92 Å². The molecule has 39 heavy (non-hydrogen) atoms. The third-order valence-corrected chi connectivity index (χ3v) is 7.22. The highest BCUT2D eigenvalue weighted by atomic mass is 16.6. The normalized spacial score (nSPS) is 16.4. The van der Waals surface area contributed by atoms with Crippen molar-refractivity contribution in [1.82, 2.24) is 20.2 Å². The van der Waals surface area contributed by atoms with Crippen LogP contribution in [0.3, 0.4) is 0 Å². The van der Waals surface area contributed by atoms with E-state index in [1.54, 1.807) is 37.1 Å². The largest absolute Gasteiger partial charge is 0.465 e. The lowest BCUT2D eigenvalue weighted by Gasteiger charge is -2.29. The van der Waals surface area contributed by atoms with Gasteiger partial charge in [0.2, 0.25) is 5.91 Å². The number of nitro benzene ring substituents is 1. The summed E-state index contributed by atoms with van der Waals surface area (Å²) >= 11 is 0. The van der Waals surface area contributed by atoms with Crippen LogP contribution in [0.4, 0.5) is 10.5 Å². The fraction of sp³-hybridized carbons (Fsp3) is 0.414. The van der Waals surface area contributed by atoms with Gasteiger partial charge in [-0.15, -0.1) is 0 Å². The van der Waals surface area contributed by atoms with E-state index in [-0.39, 0.29) is 33.9 Å². The number of hydrogen-bond acceptors (Lipinski definition) is 5. The Hall–Kier alpha value is -4.21. The van der Waals surface area contributed by atoms with Crippen molar-refractivity contribution < 1.29 is 19.6 Å². The van der Waals surface area contributed by atoms with E-state index in [9.17, 15) is 24.8 Å². The number of nitrogens with one attached hydrogen (secondary N) is 2. The van der Waals surface area contributed by atoms with Crippen molar-refractivity contribution in [2.75, 3.05) is 6.54 Å². The first-order chi connectivity index (χ1) is 18.4. The van der Waals surface area contributed by atoms with Crippen LogP contribution in [-0.4, -0.2) is 49.5 Å². The summed E-state index contributed by atoms with van der Waals surface area (Å²) in [5, 5.41) is 23.4. The van der Waals surface area contributed by atoms with Crippen LogP contribution in [0, 0.1) is 16.0 Å². The molecule has 1 aliphatic heterocycles. The second-order valence-corrected chi connectivity index (χ2v) is 11.4. The molecular formula is C29H35N5O5. The van der Waals surface area contributed by atoms with Crippen LogP contribution in [0.15, 0.2) is 48.7 Å². The summed E-state index contributed by atoms with van der Waals surface area (Å²) in [5.41, 5.74) is 3.78. The number of rotatable bonds is 7. The molecule has 0 saturated carbocycles. The molecule has 3 aromatic rings. The fourth-order valence-electron chi connectivity index (χ4n) is 5.04. The van der Waals surface area contributed by atoms with Crippen LogP contribution in [-0.2, 0) is 10.2 Å². The maximum Gasteiger partial charge on any atom is 0.405 e. The van der Waals surface area contributed by atoms with Crippen molar-refractivity contribution in [1.29, 1.82) is 0 Å². The number of amides is 2. The Morgan fingerprint density at radius 2 is 1.82 bits per heavy atom. The predicted molar refractivity (Wildman–Crippen MR) is 148 cm³/mol. The van der Waals surface area contributed by atoms with Crippen molar-refractivity contribution >= 4 is 17.7 Å². The van der Waals surface area contributed by atoms with Gasteiger partial charge in [-0.2, -0.15) is 0 Å². The molecule has 3 N–H and O–H groups in total. The first-order valence-corrected chi connectivity index (χ1v) is 13.1. The van der Waals surface area contributed by atoms with Gasteiger partial charge < -0.3 is 20.3 Å². The van der Waals surface area contributed by atoms with E-state index < -0.39 is 12.1 Å². The second-order valence-electron chi connectivity index (χ2n) is 11.4. The van der Waals surface area contributed by atoms with E-state index in [1.165, 1.54) is 6.07 Å². The minimum atomic E-state index is -1.24. The van der Waals surface area contributed by atoms with Crippen LogP contribution in [0.25, 0.3) is 22.4 Å². The molecule has 1 aliphatic rings. The predicted octanol–water partition coefficient (Wildman–Crippen LogP) is 5.91. The number of likely N-dealkylation sites (tertiary alicyclic amines) is 1. The van der Waals surface area contributed by atoms with Gasteiger partial charge in [-0.3, -0.25) is 14.9 Å². The summed E-state index contributed by atoms with van der Waals surface area (Å²) in [6.45, 7) is 10.5. The molecular weight excluding hydrogens is 498 g/mol.